The van der Waals surface area contributed by atoms with E-state index in [-0.39, 0.29) is 23.3 Å². The molecule has 0 bridgehead atoms. The van der Waals surface area contributed by atoms with E-state index in [1.807, 2.05) is 55.4 Å². The second-order valence-corrected chi connectivity index (χ2v) is 31.0. The number of benzene rings is 4. The number of ether oxygens (including phenoxy) is 8. The fraction of sp³-hybridized carbons (Fsp3) is 0.556. The fourth-order valence-corrected chi connectivity index (χ4v) is 20.3. The number of rotatable bonds is 11. The Kier molecular flexibility index (Phi) is 13.5. The number of hydrogen-bond donors (Lipinski definition) is 0. The highest BCUT2D eigenvalue weighted by Crippen LogP contribution is 2.47. The maximum absolute atomic E-state index is 7.53. The summed E-state index contributed by atoms with van der Waals surface area (Å²) in [5.74, 6) is -4.20. The van der Waals surface area contributed by atoms with Crippen molar-refractivity contribution in [2.45, 2.75) is 179 Å². The molecule has 0 N–H and O–H groups in total. The van der Waals surface area contributed by atoms with Gasteiger partial charge in [-0.1, -0.05) is 163 Å². The summed E-state index contributed by atoms with van der Waals surface area (Å²) >= 11 is 0. The molecule has 4 aliphatic heterocycles. The van der Waals surface area contributed by atoms with Gasteiger partial charge in [-0.2, -0.15) is 0 Å². The highest BCUT2D eigenvalue weighted by molar-refractivity contribution is 7.00. The predicted molar refractivity (Wildman–Crippen MR) is 262 cm³/mol. The van der Waals surface area contributed by atoms with Crippen LogP contribution in [0, 0.1) is 0 Å². The molecular formula is C54H74O10Si2. The lowest BCUT2D eigenvalue weighted by Crippen LogP contribution is -2.75. The molecule has 4 aromatic rings. The third kappa shape index (κ3) is 9.60. The molecule has 4 heterocycles. The van der Waals surface area contributed by atoms with Gasteiger partial charge >= 0.3 is 0 Å². The van der Waals surface area contributed by atoms with Gasteiger partial charge in [0.15, 0.2) is 23.1 Å². The van der Waals surface area contributed by atoms with E-state index in [9.17, 15) is 0 Å². The summed E-state index contributed by atoms with van der Waals surface area (Å²) in [7, 11) is -5.91. The molecule has 66 heavy (non-hydrogen) atoms. The Morgan fingerprint density at radius 3 is 0.803 bits per heavy atom. The second-order valence-electron chi connectivity index (χ2n) is 22.4. The van der Waals surface area contributed by atoms with Crippen molar-refractivity contribution in [2.75, 3.05) is 13.2 Å². The summed E-state index contributed by atoms with van der Waals surface area (Å²) in [5, 5.41) is 4.28. The van der Waals surface area contributed by atoms with Crippen molar-refractivity contribution in [3.63, 3.8) is 0 Å². The normalized spacial score (nSPS) is 29.6. The van der Waals surface area contributed by atoms with Crippen LogP contribution in [0.1, 0.15) is 96.9 Å². The first kappa shape index (κ1) is 49.3. The molecular weight excluding hydrogens is 865 g/mol. The SMILES string of the molecule is CC1(C)O[C@H]([C@@H]2OC(C)(C)O[C@H]3[C@@H]2OC(C)(C)O[C@@H]3CO[Si](c2ccccc2)(c2ccccc2)C(C)(C)C)[C@H]2OC(C)(C)O[C@H](CO[Si](c3ccccc3)(c3ccccc3)C(C)(C)C)[C@H]2O1. The van der Waals surface area contributed by atoms with Crippen molar-refractivity contribution < 1.29 is 46.7 Å². The lowest BCUT2D eigenvalue weighted by molar-refractivity contribution is -0.467. The molecule has 0 amide bonds. The summed E-state index contributed by atoms with van der Waals surface area (Å²) in [6, 6.07) is 42.7. The Hall–Kier alpha value is -3.09. The van der Waals surface area contributed by atoms with Gasteiger partial charge in [0.05, 0.1) is 13.2 Å². The van der Waals surface area contributed by atoms with Gasteiger partial charge in [-0.05, 0) is 86.2 Å². The zero-order valence-electron chi connectivity index (χ0n) is 41.7. The van der Waals surface area contributed by atoms with Crippen molar-refractivity contribution in [3.8, 4) is 0 Å². The molecule has 4 saturated heterocycles. The van der Waals surface area contributed by atoms with Crippen LogP contribution in [-0.2, 0) is 46.7 Å². The Labute approximate surface area is 396 Å². The minimum Gasteiger partial charge on any atom is -0.405 e. The van der Waals surface area contributed by atoms with E-state index >= 15 is 0 Å². The van der Waals surface area contributed by atoms with Gasteiger partial charge < -0.3 is 46.7 Å². The maximum atomic E-state index is 7.53. The molecule has 0 saturated carbocycles. The van der Waals surface area contributed by atoms with E-state index in [0.717, 1.165) is 0 Å². The molecule has 0 aromatic heterocycles. The number of fused-ring (bicyclic) bond motifs is 2. The molecule has 4 fully saturated rings. The molecule has 4 aliphatic rings. The van der Waals surface area contributed by atoms with Crippen molar-refractivity contribution in [2.24, 2.45) is 0 Å². The zero-order chi connectivity index (χ0) is 47.6. The Bertz CT molecular complexity index is 1990. The highest BCUT2D eigenvalue weighted by Gasteiger charge is 2.64. The van der Waals surface area contributed by atoms with Crippen LogP contribution in [0.4, 0.5) is 0 Å². The second kappa shape index (κ2) is 18.0. The van der Waals surface area contributed by atoms with Crippen molar-refractivity contribution in [1.29, 1.82) is 0 Å². The first-order chi connectivity index (χ1) is 30.9. The van der Waals surface area contributed by atoms with Crippen LogP contribution in [0.25, 0.3) is 0 Å². The topological polar surface area (TPSA) is 92.3 Å². The van der Waals surface area contributed by atoms with Crippen LogP contribution >= 0.6 is 0 Å². The van der Waals surface area contributed by atoms with Gasteiger partial charge in [-0.3, -0.25) is 0 Å². The van der Waals surface area contributed by atoms with Crippen molar-refractivity contribution in [1.82, 2.24) is 0 Å². The Balaban J connectivity index is 1.14. The van der Waals surface area contributed by atoms with E-state index in [2.05, 4.69) is 163 Å². The van der Waals surface area contributed by atoms with Gasteiger partial charge in [-0.15, -0.1) is 0 Å². The molecule has 0 unspecified atom stereocenters. The molecule has 0 aliphatic carbocycles. The molecule has 4 aromatic carbocycles. The van der Waals surface area contributed by atoms with E-state index < -0.39 is 88.6 Å². The third-order valence-electron chi connectivity index (χ3n) is 13.5. The van der Waals surface area contributed by atoms with Gasteiger partial charge in [0.2, 0.25) is 0 Å². The van der Waals surface area contributed by atoms with Crippen LogP contribution in [0.3, 0.4) is 0 Å². The van der Waals surface area contributed by atoms with Gasteiger partial charge in [0, 0.05) is 0 Å². The Morgan fingerprint density at radius 1 is 0.348 bits per heavy atom. The highest BCUT2D eigenvalue weighted by atomic mass is 28.4. The molecule has 358 valence electrons. The first-order valence-electron chi connectivity index (χ1n) is 23.8. The number of hydrogen-bond acceptors (Lipinski definition) is 10. The van der Waals surface area contributed by atoms with E-state index in [1.165, 1.54) is 20.7 Å². The Morgan fingerprint density at radius 2 is 0.561 bits per heavy atom. The lowest BCUT2D eigenvalue weighted by Gasteiger charge is -2.59. The monoisotopic (exact) mass is 938 g/mol. The van der Waals surface area contributed by atoms with E-state index in [4.69, 9.17) is 46.7 Å². The average Bonchev–Trinajstić information content (AvgIpc) is 3.24. The summed E-state index contributed by atoms with van der Waals surface area (Å²) in [4.78, 5) is 0. The largest absolute Gasteiger partial charge is 0.405 e. The smallest absolute Gasteiger partial charge is 0.261 e. The predicted octanol–water partition coefficient (Wildman–Crippen LogP) is 8.22. The van der Waals surface area contributed by atoms with Crippen LogP contribution in [0.2, 0.25) is 10.1 Å². The van der Waals surface area contributed by atoms with Gasteiger partial charge in [-0.25, -0.2) is 0 Å². The van der Waals surface area contributed by atoms with E-state index in [1.54, 1.807) is 0 Å². The summed E-state index contributed by atoms with van der Waals surface area (Å²) in [6.07, 6.45) is -4.91. The van der Waals surface area contributed by atoms with E-state index in [0.29, 0.717) is 0 Å². The zero-order valence-corrected chi connectivity index (χ0v) is 43.7. The minimum atomic E-state index is -2.96. The summed E-state index contributed by atoms with van der Waals surface area (Å²) in [6.45, 7) is 29.7. The van der Waals surface area contributed by atoms with Gasteiger partial charge in [0.1, 0.15) is 48.8 Å². The van der Waals surface area contributed by atoms with Crippen molar-refractivity contribution in [3.05, 3.63) is 121 Å². The van der Waals surface area contributed by atoms with Crippen LogP contribution in [-0.4, -0.2) is 102 Å². The molecule has 0 radical (unpaired) electrons. The van der Waals surface area contributed by atoms with Crippen LogP contribution < -0.4 is 20.7 Å². The molecule has 8 rings (SSSR count). The molecule has 12 heteroatoms. The lowest BCUT2D eigenvalue weighted by atomic mass is 9.87. The fourth-order valence-electron chi connectivity index (χ4n) is 11.1. The van der Waals surface area contributed by atoms with Crippen molar-refractivity contribution >= 4 is 37.4 Å². The van der Waals surface area contributed by atoms with Crippen LogP contribution in [0.5, 0.6) is 0 Å². The molecule has 8 atom stereocenters. The standard InChI is InChI=1S/C54H74O10Si2/c1-49(2,3)65(37-27-19-15-20-28-37,38-29-21-16-22-30-38)55-35-41-43-45(61-51(7,8)57-41)47(63-53(11,12)59-43)48-46-44(60-54(13,14)64-48)42(58-52(9,10)62-46)36-56-66(50(4,5)6,39-31-23-17-24-32-39)40-33-25-18-26-34-40/h15-34,41-48H,35-36H2,1-14H3/t41-,42-,43-,44-,45+,46+,47-,48+/m1/s1. The van der Waals surface area contributed by atoms with Crippen LogP contribution in [0.15, 0.2) is 121 Å². The summed E-state index contributed by atoms with van der Waals surface area (Å²) < 4.78 is 70.6. The first-order valence-corrected chi connectivity index (χ1v) is 27.6. The quantitative estimate of drug-likeness (QED) is 0.137. The summed E-state index contributed by atoms with van der Waals surface area (Å²) in [5.41, 5.74) is 0. The molecule has 10 nitrogen and oxygen atoms in total. The van der Waals surface area contributed by atoms with Gasteiger partial charge in [0.25, 0.3) is 16.6 Å². The molecule has 0 spiro atoms. The minimum absolute atomic E-state index is 0.241. The maximum Gasteiger partial charge on any atom is 0.261 e. The third-order valence-corrected chi connectivity index (χ3v) is 23.5. The average molecular weight is 939 g/mol.